The summed E-state index contributed by atoms with van der Waals surface area (Å²) in [6.45, 7) is 3.70. The molecule has 0 spiro atoms. The summed E-state index contributed by atoms with van der Waals surface area (Å²) in [5.41, 5.74) is 1.65. The van der Waals surface area contributed by atoms with Crippen LogP contribution in [-0.2, 0) is 11.2 Å². The summed E-state index contributed by atoms with van der Waals surface area (Å²) in [6, 6.07) is 7.94. The van der Waals surface area contributed by atoms with Gasteiger partial charge in [0.1, 0.15) is 11.9 Å². The first-order valence-corrected chi connectivity index (χ1v) is 11.0. The Labute approximate surface area is 180 Å². The van der Waals surface area contributed by atoms with Crippen LogP contribution in [0.4, 0.5) is 5.82 Å². The number of piperidine rings is 1. The van der Waals surface area contributed by atoms with Crippen LogP contribution in [-0.4, -0.2) is 40.4 Å². The lowest BCUT2D eigenvalue weighted by Gasteiger charge is -2.32. The highest BCUT2D eigenvalue weighted by Crippen LogP contribution is 2.30. The molecule has 9 heteroatoms. The van der Waals surface area contributed by atoms with E-state index in [1.807, 2.05) is 31.2 Å². The predicted octanol–water partition coefficient (Wildman–Crippen LogP) is 4.54. The number of thiazole rings is 1. The monoisotopic (exact) mass is 477 g/mol. The van der Waals surface area contributed by atoms with E-state index < -0.39 is 5.97 Å². The highest BCUT2D eigenvalue weighted by molar-refractivity contribution is 9.10. The minimum atomic E-state index is -0.900. The number of rotatable bonds is 6. The summed E-state index contributed by atoms with van der Waals surface area (Å²) in [5.74, 6) is 1.35. The quantitative estimate of drug-likeness (QED) is 0.556. The molecule has 1 N–H and O–H groups in total. The number of hydrogen-bond donors (Lipinski definition) is 1. The molecule has 0 unspecified atom stereocenters. The number of anilines is 1. The van der Waals surface area contributed by atoms with Crippen LogP contribution in [0.2, 0.25) is 0 Å². The number of hydrogen-bond acceptors (Lipinski definition) is 7. The average molecular weight is 478 g/mol. The molecule has 0 radical (unpaired) electrons. The minimum absolute atomic E-state index is 0.0948. The highest BCUT2D eigenvalue weighted by atomic mass is 79.9. The molecule has 0 amide bonds. The van der Waals surface area contributed by atoms with Crippen molar-refractivity contribution in [2.75, 3.05) is 18.0 Å². The maximum absolute atomic E-state index is 10.8. The second kappa shape index (κ2) is 8.54. The maximum Gasteiger partial charge on any atom is 0.309 e. The number of aromatic nitrogens is 2. The Kier molecular flexibility index (Phi) is 5.86. The minimum Gasteiger partial charge on any atom is -0.490 e. The van der Waals surface area contributed by atoms with Gasteiger partial charge < -0.3 is 19.3 Å². The van der Waals surface area contributed by atoms with Crippen molar-refractivity contribution in [2.45, 2.75) is 32.3 Å². The van der Waals surface area contributed by atoms with Crippen molar-refractivity contribution in [1.82, 2.24) is 10.1 Å². The van der Waals surface area contributed by atoms with E-state index >= 15 is 0 Å². The van der Waals surface area contributed by atoms with Crippen molar-refractivity contribution in [2.24, 2.45) is 0 Å². The molecule has 1 aliphatic heterocycles. The number of benzene rings is 1. The van der Waals surface area contributed by atoms with E-state index in [2.05, 4.69) is 31.0 Å². The standard InChI is InChI=1S/C20H20BrN3O4S/c1-12-2-3-13(21)8-16(12)27-15-4-6-24(7-5-15)18-10-17(28-23-18)20-22-14(11-29-20)9-19(25)26/h2-3,8,10-11,15H,4-7,9H2,1H3,(H,25,26). The lowest BCUT2D eigenvalue weighted by molar-refractivity contribution is -0.136. The molecule has 4 rings (SSSR count). The Morgan fingerprint density at radius 3 is 2.93 bits per heavy atom. The number of aryl methyl sites for hydroxylation is 1. The number of aliphatic carboxylic acids is 1. The molecule has 0 bridgehead atoms. The molecule has 0 saturated carbocycles. The number of nitrogens with zero attached hydrogens (tertiary/aromatic N) is 3. The summed E-state index contributed by atoms with van der Waals surface area (Å²) < 4.78 is 12.7. The smallest absolute Gasteiger partial charge is 0.309 e. The van der Waals surface area contributed by atoms with Crippen molar-refractivity contribution < 1.29 is 19.2 Å². The molecular weight excluding hydrogens is 458 g/mol. The SMILES string of the molecule is Cc1ccc(Br)cc1OC1CCN(c2cc(-c3nc(CC(=O)O)cs3)on2)CC1. The maximum atomic E-state index is 10.8. The summed E-state index contributed by atoms with van der Waals surface area (Å²) in [6.07, 6.45) is 1.87. The Hall–Kier alpha value is -2.39. The lowest BCUT2D eigenvalue weighted by Crippen LogP contribution is -2.38. The molecule has 29 heavy (non-hydrogen) atoms. The fourth-order valence-electron chi connectivity index (χ4n) is 3.26. The third-order valence-corrected chi connectivity index (χ3v) is 6.20. The van der Waals surface area contributed by atoms with Crippen molar-refractivity contribution in [3.63, 3.8) is 0 Å². The van der Waals surface area contributed by atoms with Crippen LogP contribution in [0.1, 0.15) is 24.1 Å². The van der Waals surface area contributed by atoms with Crippen molar-refractivity contribution in [3.8, 4) is 16.5 Å². The summed E-state index contributed by atoms with van der Waals surface area (Å²) in [4.78, 5) is 17.3. The van der Waals surface area contributed by atoms with Crippen molar-refractivity contribution in [3.05, 3.63) is 45.4 Å². The Morgan fingerprint density at radius 2 is 2.17 bits per heavy atom. The predicted molar refractivity (Wildman–Crippen MR) is 114 cm³/mol. The van der Waals surface area contributed by atoms with Crippen LogP contribution in [0.3, 0.4) is 0 Å². The van der Waals surface area contributed by atoms with Crippen LogP contribution < -0.4 is 9.64 Å². The molecule has 3 heterocycles. The molecule has 7 nitrogen and oxygen atoms in total. The first kappa shape index (κ1) is 19.9. The molecule has 1 aromatic carbocycles. The van der Waals surface area contributed by atoms with E-state index in [9.17, 15) is 4.79 Å². The fourth-order valence-corrected chi connectivity index (χ4v) is 4.36. The van der Waals surface area contributed by atoms with Gasteiger partial charge in [-0.15, -0.1) is 11.3 Å². The van der Waals surface area contributed by atoms with Crippen LogP contribution in [0, 0.1) is 6.92 Å². The second-order valence-electron chi connectivity index (χ2n) is 6.98. The van der Waals surface area contributed by atoms with Gasteiger partial charge in [-0.1, -0.05) is 27.2 Å². The van der Waals surface area contributed by atoms with Gasteiger partial charge in [0.2, 0.25) is 0 Å². The Balaban J connectivity index is 1.36. The van der Waals surface area contributed by atoms with Gasteiger partial charge >= 0.3 is 5.97 Å². The normalized spacial score (nSPS) is 14.9. The fraction of sp³-hybridized carbons (Fsp3) is 0.350. The molecule has 152 valence electrons. The van der Waals surface area contributed by atoms with Crippen LogP contribution in [0.25, 0.3) is 10.8 Å². The first-order chi connectivity index (χ1) is 14.0. The lowest BCUT2D eigenvalue weighted by atomic mass is 10.1. The average Bonchev–Trinajstić information content (AvgIpc) is 3.34. The number of carbonyl (C=O) groups is 1. The van der Waals surface area contributed by atoms with Gasteiger partial charge in [0, 0.05) is 41.9 Å². The summed E-state index contributed by atoms with van der Waals surface area (Å²) >= 11 is 4.85. The van der Waals surface area contributed by atoms with Crippen molar-refractivity contribution >= 4 is 39.1 Å². The third-order valence-electron chi connectivity index (χ3n) is 4.80. The van der Waals surface area contributed by atoms with Crippen LogP contribution >= 0.6 is 27.3 Å². The van der Waals surface area contributed by atoms with Crippen LogP contribution in [0.15, 0.2) is 38.6 Å². The largest absolute Gasteiger partial charge is 0.490 e. The highest BCUT2D eigenvalue weighted by Gasteiger charge is 2.24. The molecule has 1 fully saturated rings. The summed E-state index contributed by atoms with van der Waals surface area (Å²) in [7, 11) is 0. The molecule has 3 aromatic rings. The van der Waals surface area contributed by atoms with Gasteiger partial charge in [-0.25, -0.2) is 4.98 Å². The summed E-state index contributed by atoms with van der Waals surface area (Å²) in [5, 5.41) is 15.4. The molecule has 1 saturated heterocycles. The van der Waals surface area contributed by atoms with E-state index in [4.69, 9.17) is 14.4 Å². The molecule has 2 aromatic heterocycles. The van der Waals surface area contributed by atoms with Gasteiger partial charge in [0.05, 0.1) is 12.1 Å². The Bertz CT molecular complexity index is 1010. The van der Waals surface area contributed by atoms with E-state index in [0.29, 0.717) is 16.5 Å². The number of halogens is 1. The topological polar surface area (TPSA) is 88.7 Å². The molecule has 1 aliphatic rings. The van der Waals surface area contributed by atoms with E-state index in [1.165, 1.54) is 11.3 Å². The number of carboxylic acids is 1. The van der Waals surface area contributed by atoms with E-state index in [-0.39, 0.29) is 12.5 Å². The van der Waals surface area contributed by atoms with Crippen molar-refractivity contribution in [1.29, 1.82) is 0 Å². The molecule has 0 aliphatic carbocycles. The van der Waals surface area contributed by atoms with E-state index in [1.54, 1.807) is 5.38 Å². The Morgan fingerprint density at radius 1 is 1.38 bits per heavy atom. The second-order valence-corrected chi connectivity index (χ2v) is 8.75. The zero-order chi connectivity index (χ0) is 20.4. The molecule has 0 atom stereocenters. The first-order valence-electron chi connectivity index (χ1n) is 9.29. The van der Waals surface area contributed by atoms with Gasteiger partial charge in [0.15, 0.2) is 16.6 Å². The van der Waals surface area contributed by atoms with Gasteiger partial charge in [0.25, 0.3) is 0 Å². The third kappa shape index (κ3) is 4.79. The zero-order valence-electron chi connectivity index (χ0n) is 15.8. The number of ether oxygens (including phenoxy) is 1. The van der Waals surface area contributed by atoms with E-state index in [0.717, 1.165) is 47.5 Å². The van der Waals surface area contributed by atoms with Gasteiger partial charge in [-0.2, -0.15) is 0 Å². The van der Waals surface area contributed by atoms with Gasteiger partial charge in [-0.05, 0) is 24.6 Å². The molecular formula is C20H20BrN3O4S. The zero-order valence-corrected chi connectivity index (χ0v) is 18.2. The van der Waals surface area contributed by atoms with Crippen LogP contribution in [0.5, 0.6) is 5.75 Å². The number of carboxylic acid groups (broad SMARTS) is 1. The van der Waals surface area contributed by atoms with Gasteiger partial charge in [-0.3, -0.25) is 4.79 Å².